The molecular formula is C22H30N6O. The molecule has 7 nitrogen and oxygen atoms in total. The summed E-state index contributed by atoms with van der Waals surface area (Å²) >= 11 is 0. The van der Waals surface area contributed by atoms with E-state index in [0.29, 0.717) is 11.8 Å². The lowest BCUT2D eigenvalue weighted by Crippen LogP contribution is -2.48. The van der Waals surface area contributed by atoms with Gasteiger partial charge in [0.15, 0.2) is 0 Å². The molecule has 2 aliphatic heterocycles. The molecule has 1 amide bonds. The molecule has 154 valence electrons. The molecule has 2 atom stereocenters. The lowest BCUT2D eigenvalue weighted by molar-refractivity contribution is -0.132. The lowest BCUT2D eigenvalue weighted by atomic mass is 9.74. The van der Waals surface area contributed by atoms with Crippen LogP contribution in [0.3, 0.4) is 0 Å². The highest BCUT2D eigenvalue weighted by Crippen LogP contribution is 2.44. The van der Waals surface area contributed by atoms with E-state index in [1.54, 1.807) is 0 Å². The summed E-state index contributed by atoms with van der Waals surface area (Å²) in [5.74, 6) is 2.25. The molecule has 7 heteroatoms. The smallest absolute Gasteiger partial charge is 0.228 e. The predicted molar refractivity (Wildman–Crippen MR) is 111 cm³/mol. The fourth-order valence-electron chi connectivity index (χ4n) is 5.10. The number of fused-ring (bicyclic) bond motifs is 1. The summed E-state index contributed by atoms with van der Waals surface area (Å²) < 4.78 is 0. The zero-order valence-electron chi connectivity index (χ0n) is 16.9. The number of pyridine rings is 1. The number of carbonyl (C=O) groups excluding carboxylic acids is 1. The summed E-state index contributed by atoms with van der Waals surface area (Å²) in [6, 6.07) is 6.04. The Morgan fingerprint density at radius 1 is 1.31 bits per heavy atom. The Bertz CT molecular complexity index is 821. The van der Waals surface area contributed by atoms with E-state index in [4.69, 9.17) is 0 Å². The molecule has 3 fully saturated rings. The Hall–Kier alpha value is -2.41. The summed E-state index contributed by atoms with van der Waals surface area (Å²) in [5.41, 5.74) is 0.882. The van der Waals surface area contributed by atoms with E-state index in [1.807, 2.05) is 30.7 Å². The number of rotatable bonds is 6. The molecule has 3 aliphatic rings. The van der Waals surface area contributed by atoms with E-state index in [2.05, 4.69) is 36.4 Å². The summed E-state index contributed by atoms with van der Waals surface area (Å²) in [7, 11) is 0. The van der Waals surface area contributed by atoms with E-state index < -0.39 is 0 Å². The summed E-state index contributed by atoms with van der Waals surface area (Å²) in [6.45, 7) is 5.35. The monoisotopic (exact) mass is 394 g/mol. The van der Waals surface area contributed by atoms with Crippen molar-refractivity contribution >= 4 is 11.7 Å². The van der Waals surface area contributed by atoms with Crippen molar-refractivity contribution in [2.24, 2.45) is 17.3 Å². The Morgan fingerprint density at radius 2 is 2.24 bits per heavy atom. The zero-order valence-corrected chi connectivity index (χ0v) is 16.9. The van der Waals surface area contributed by atoms with Gasteiger partial charge in [0.05, 0.1) is 11.6 Å². The minimum absolute atomic E-state index is 0.262. The normalized spacial score (nSPS) is 27.4. The van der Waals surface area contributed by atoms with Crippen molar-refractivity contribution in [3.63, 3.8) is 0 Å². The first-order valence-corrected chi connectivity index (χ1v) is 10.9. The second kappa shape index (κ2) is 7.78. The topological polar surface area (TPSA) is 77.2 Å². The summed E-state index contributed by atoms with van der Waals surface area (Å²) in [6.07, 6.45) is 10.2. The van der Waals surface area contributed by atoms with Gasteiger partial charge in [-0.1, -0.05) is 6.07 Å². The largest absolute Gasteiger partial charge is 0.355 e. The highest BCUT2D eigenvalue weighted by Gasteiger charge is 2.53. The van der Waals surface area contributed by atoms with Crippen molar-refractivity contribution < 1.29 is 4.79 Å². The van der Waals surface area contributed by atoms with Gasteiger partial charge in [0.1, 0.15) is 5.82 Å². The Kier molecular flexibility index (Phi) is 4.99. The molecule has 1 aliphatic carbocycles. The summed E-state index contributed by atoms with van der Waals surface area (Å²) in [4.78, 5) is 22.9. The van der Waals surface area contributed by atoms with Gasteiger partial charge in [-0.3, -0.25) is 14.8 Å². The Labute approximate surface area is 171 Å². The van der Waals surface area contributed by atoms with Gasteiger partial charge < -0.3 is 10.2 Å². The quantitative estimate of drug-likeness (QED) is 0.784. The second-order valence-corrected chi connectivity index (χ2v) is 9.02. The molecule has 2 aromatic heterocycles. The number of hydrogen-bond donors (Lipinski definition) is 2. The Balaban J connectivity index is 1.37. The number of H-pyrrole nitrogens is 1. The van der Waals surface area contributed by atoms with Crippen molar-refractivity contribution in [1.29, 1.82) is 0 Å². The molecule has 29 heavy (non-hydrogen) atoms. The molecular weight excluding hydrogens is 364 g/mol. The maximum Gasteiger partial charge on any atom is 0.228 e. The van der Waals surface area contributed by atoms with Gasteiger partial charge >= 0.3 is 0 Å². The fourth-order valence-corrected chi connectivity index (χ4v) is 5.10. The third-order valence-corrected chi connectivity index (χ3v) is 6.91. The highest BCUT2D eigenvalue weighted by molar-refractivity contribution is 5.84. The molecule has 1 saturated carbocycles. The number of nitrogens with one attached hydrogen (secondary N) is 2. The number of nitrogens with zero attached hydrogens (tertiary/aromatic N) is 4. The zero-order chi connectivity index (χ0) is 19.7. The van der Waals surface area contributed by atoms with E-state index >= 15 is 0 Å². The van der Waals surface area contributed by atoms with E-state index in [0.717, 1.165) is 57.9 Å². The van der Waals surface area contributed by atoms with Crippen molar-refractivity contribution in [3.05, 3.63) is 42.4 Å². The van der Waals surface area contributed by atoms with Crippen LogP contribution in [0.2, 0.25) is 0 Å². The van der Waals surface area contributed by atoms with Gasteiger partial charge in [0, 0.05) is 56.6 Å². The molecule has 2 saturated heterocycles. The SMILES string of the molecule is O=C(NCC1CC1)[C@@]12CCCN(Cc3cn[nH]c3)C[C@H]1CN(c1ccccn1)C2. The number of likely N-dealkylation sites (tertiary alicyclic amines) is 1. The van der Waals surface area contributed by atoms with Crippen LogP contribution < -0.4 is 10.2 Å². The molecule has 5 rings (SSSR count). The second-order valence-electron chi connectivity index (χ2n) is 9.02. The van der Waals surface area contributed by atoms with Crippen molar-refractivity contribution in [2.75, 3.05) is 37.6 Å². The maximum absolute atomic E-state index is 13.5. The van der Waals surface area contributed by atoms with Crippen LogP contribution in [0.15, 0.2) is 36.8 Å². The molecule has 0 bridgehead atoms. The first kappa shape index (κ1) is 18.6. The number of aromatic amines is 1. The minimum atomic E-state index is -0.322. The van der Waals surface area contributed by atoms with Crippen LogP contribution in [0, 0.1) is 17.3 Å². The van der Waals surface area contributed by atoms with Crippen LogP contribution in [0.1, 0.15) is 31.2 Å². The van der Waals surface area contributed by atoms with Crippen molar-refractivity contribution in [3.8, 4) is 0 Å². The number of aromatic nitrogens is 3. The predicted octanol–water partition coefficient (Wildman–Crippen LogP) is 2.05. The van der Waals surface area contributed by atoms with Crippen LogP contribution in [0.4, 0.5) is 5.82 Å². The van der Waals surface area contributed by atoms with Gasteiger partial charge in [-0.25, -0.2) is 4.98 Å². The standard InChI is InChI=1S/C22H30N6O/c29-21(24-10-17-5-6-17)22-7-3-9-27(13-18-11-25-26-12-18)14-19(22)15-28(16-22)20-4-1-2-8-23-20/h1-2,4,8,11-12,17,19H,3,5-7,9-10,13-16H2,(H,24,29)(H,25,26)/t19-,22+/m0/s1. The van der Waals surface area contributed by atoms with Crippen LogP contribution in [-0.4, -0.2) is 58.7 Å². The van der Waals surface area contributed by atoms with E-state index in [9.17, 15) is 4.79 Å². The third-order valence-electron chi connectivity index (χ3n) is 6.91. The number of carbonyl (C=O) groups is 1. The molecule has 2 aromatic rings. The first-order chi connectivity index (χ1) is 14.2. The van der Waals surface area contributed by atoms with Crippen LogP contribution in [0.5, 0.6) is 0 Å². The Morgan fingerprint density at radius 3 is 3.00 bits per heavy atom. The molecule has 0 radical (unpaired) electrons. The van der Waals surface area contributed by atoms with E-state index in [-0.39, 0.29) is 11.3 Å². The average Bonchev–Trinajstić information content (AvgIpc) is 3.36. The maximum atomic E-state index is 13.5. The van der Waals surface area contributed by atoms with Crippen molar-refractivity contribution in [2.45, 2.75) is 32.2 Å². The van der Waals surface area contributed by atoms with Crippen LogP contribution in [0.25, 0.3) is 0 Å². The number of amides is 1. The van der Waals surface area contributed by atoms with Gasteiger partial charge in [0.25, 0.3) is 0 Å². The summed E-state index contributed by atoms with van der Waals surface area (Å²) in [5, 5.41) is 10.3. The number of anilines is 1. The minimum Gasteiger partial charge on any atom is -0.355 e. The van der Waals surface area contributed by atoms with Crippen molar-refractivity contribution in [1.82, 2.24) is 25.4 Å². The lowest BCUT2D eigenvalue weighted by Gasteiger charge is -2.32. The molecule has 0 aromatic carbocycles. The van der Waals surface area contributed by atoms with Crippen LogP contribution >= 0.6 is 0 Å². The van der Waals surface area contributed by atoms with Crippen LogP contribution in [-0.2, 0) is 11.3 Å². The molecule has 4 heterocycles. The first-order valence-electron chi connectivity index (χ1n) is 10.9. The average molecular weight is 395 g/mol. The van der Waals surface area contributed by atoms with Gasteiger partial charge in [0.2, 0.25) is 5.91 Å². The highest BCUT2D eigenvalue weighted by atomic mass is 16.2. The van der Waals surface area contributed by atoms with Gasteiger partial charge in [-0.2, -0.15) is 5.10 Å². The van der Waals surface area contributed by atoms with E-state index in [1.165, 1.54) is 18.4 Å². The molecule has 2 N–H and O–H groups in total. The number of hydrogen-bond acceptors (Lipinski definition) is 5. The van der Waals surface area contributed by atoms with Gasteiger partial charge in [-0.15, -0.1) is 0 Å². The van der Waals surface area contributed by atoms with Gasteiger partial charge in [-0.05, 0) is 50.3 Å². The molecule has 0 unspecified atom stereocenters. The molecule has 0 spiro atoms. The fraction of sp³-hybridized carbons (Fsp3) is 0.591. The third kappa shape index (κ3) is 3.88.